The van der Waals surface area contributed by atoms with Gasteiger partial charge in [-0.05, 0) is 37.1 Å². The van der Waals surface area contributed by atoms with Crippen molar-refractivity contribution in [3.05, 3.63) is 78.3 Å². The first-order valence-corrected chi connectivity index (χ1v) is 7.01. The van der Waals surface area contributed by atoms with E-state index in [4.69, 9.17) is 0 Å². The van der Waals surface area contributed by atoms with Crippen LogP contribution in [0.1, 0.15) is 25.1 Å². The van der Waals surface area contributed by atoms with E-state index in [0.29, 0.717) is 28.1 Å². The van der Waals surface area contributed by atoms with Gasteiger partial charge in [0.05, 0.1) is 6.20 Å². The van der Waals surface area contributed by atoms with Gasteiger partial charge in [-0.1, -0.05) is 31.4 Å². The van der Waals surface area contributed by atoms with Gasteiger partial charge in [0.15, 0.2) is 5.78 Å². The molecule has 2 aromatic heterocycles. The lowest BCUT2D eigenvalue weighted by atomic mass is 9.90. The Kier molecular flexibility index (Phi) is 4.42. The number of nitriles is 1. The van der Waals surface area contributed by atoms with Crippen LogP contribution >= 0.6 is 0 Å². The number of ketones is 1. The van der Waals surface area contributed by atoms with Gasteiger partial charge in [0, 0.05) is 17.3 Å². The van der Waals surface area contributed by atoms with Gasteiger partial charge < -0.3 is 0 Å². The zero-order valence-electron chi connectivity index (χ0n) is 13.3. The highest BCUT2D eigenvalue weighted by Crippen LogP contribution is 2.31. The minimum Gasteiger partial charge on any atom is -0.294 e. The molecule has 0 spiro atoms. The highest BCUT2D eigenvalue weighted by Gasteiger charge is 2.16. The fraction of sp³-hybridized carbons (Fsp3) is 0.105. The van der Waals surface area contributed by atoms with E-state index in [1.165, 1.54) is 19.2 Å². The van der Waals surface area contributed by atoms with Gasteiger partial charge >= 0.3 is 0 Å². The van der Waals surface area contributed by atoms with Crippen LogP contribution in [0.15, 0.2) is 67.1 Å². The maximum atomic E-state index is 12.0. The maximum absolute atomic E-state index is 12.0. The Balaban J connectivity index is 2.82. The predicted octanol–water partition coefficient (Wildman–Crippen LogP) is 3.87. The lowest BCUT2D eigenvalue weighted by Crippen LogP contribution is -2.03. The molecule has 0 radical (unpaired) electrons. The minimum absolute atomic E-state index is 0.108. The molecule has 0 atom stereocenters. The summed E-state index contributed by atoms with van der Waals surface area (Å²) < 4.78 is 1.68. The van der Waals surface area contributed by atoms with Crippen molar-refractivity contribution in [3.63, 3.8) is 0 Å². The largest absolute Gasteiger partial charge is 0.294 e. The minimum atomic E-state index is -0.108. The molecule has 0 aromatic carbocycles. The van der Waals surface area contributed by atoms with Crippen LogP contribution in [0.5, 0.6) is 0 Å². The summed E-state index contributed by atoms with van der Waals surface area (Å²) in [5.74, 6) is -0.108. The number of hydrogen-bond donors (Lipinski definition) is 0. The summed E-state index contributed by atoms with van der Waals surface area (Å²) in [6, 6.07) is 5.73. The van der Waals surface area contributed by atoms with E-state index in [1.54, 1.807) is 16.7 Å². The van der Waals surface area contributed by atoms with Crippen LogP contribution in [0.25, 0.3) is 11.2 Å². The molecule has 0 amide bonds. The summed E-state index contributed by atoms with van der Waals surface area (Å²) in [6.45, 7) is 15.0. The monoisotopic (exact) mass is 303 g/mol. The number of allylic oxidation sites excluding steroid dienone is 5. The van der Waals surface area contributed by atoms with Gasteiger partial charge in [-0.15, -0.1) is 0 Å². The molecule has 0 saturated carbocycles. The Morgan fingerprint density at radius 1 is 1.35 bits per heavy atom. The van der Waals surface area contributed by atoms with Gasteiger partial charge in [-0.3, -0.25) is 9.20 Å². The molecule has 23 heavy (non-hydrogen) atoms. The quantitative estimate of drug-likeness (QED) is 0.622. The van der Waals surface area contributed by atoms with Crippen molar-refractivity contribution in [2.75, 3.05) is 0 Å². The smallest absolute Gasteiger partial charge is 0.160 e. The number of nitrogens with zero attached hydrogens (tertiary/aromatic N) is 3. The summed E-state index contributed by atoms with van der Waals surface area (Å²) in [7, 11) is 0. The zero-order valence-corrected chi connectivity index (χ0v) is 13.3. The molecule has 2 aromatic rings. The number of Topliss-reactive ketones (excluding diaryl/α,β-unsaturated/α-hetero) is 1. The summed E-state index contributed by atoms with van der Waals surface area (Å²) >= 11 is 0. The topological polar surface area (TPSA) is 58.2 Å². The average Bonchev–Trinajstić information content (AvgIpc) is 2.93. The number of carbonyl (C=O) groups is 1. The van der Waals surface area contributed by atoms with E-state index in [2.05, 4.69) is 30.8 Å². The molecule has 4 heteroatoms. The van der Waals surface area contributed by atoms with E-state index in [-0.39, 0.29) is 5.78 Å². The molecule has 0 unspecified atom stereocenters. The number of imidazole rings is 1. The van der Waals surface area contributed by atoms with Crippen molar-refractivity contribution in [2.24, 2.45) is 0 Å². The van der Waals surface area contributed by atoms with Crippen LogP contribution in [-0.2, 0) is 4.79 Å². The average molecular weight is 303 g/mol. The second-order valence-electron chi connectivity index (χ2n) is 5.21. The first-order chi connectivity index (χ1) is 10.9. The highest BCUT2D eigenvalue weighted by atomic mass is 16.1. The molecule has 2 heterocycles. The molecule has 2 rings (SSSR count). The number of carbonyl (C=O) groups excluding carboxylic acids is 1. The second kappa shape index (κ2) is 6.29. The Bertz CT molecular complexity index is 920. The molecular weight excluding hydrogens is 286 g/mol. The van der Waals surface area contributed by atoms with Crippen molar-refractivity contribution in [1.82, 2.24) is 9.38 Å². The number of fused-ring (bicyclic) bond motifs is 1. The van der Waals surface area contributed by atoms with Crippen molar-refractivity contribution >= 4 is 17.0 Å². The third-order valence-electron chi connectivity index (χ3n) is 3.58. The molecule has 0 fully saturated rings. The van der Waals surface area contributed by atoms with Gasteiger partial charge in [0.1, 0.15) is 17.4 Å². The lowest BCUT2D eigenvalue weighted by molar-refractivity contribution is -0.113. The van der Waals surface area contributed by atoms with Crippen molar-refractivity contribution in [1.29, 1.82) is 5.26 Å². The van der Waals surface area contributed by atoms with Gasteiger partial charge in [-0.2, -0.15) is 5.26 Å². The van der Waals surface area contributed by atoms with E-state index < -0.39 is 0 Å². The molecular formula is C19H17N3O. The fourth-order valence-electron chi connectivity index (χ4n) is 2.34. The Labute approximate surface area is 135 Å². The molecule has 0 aliphatic rings. The van der Waals surface area contributed by atoms with Crippen LogP contribution in [-0.4, -0.2) is 15.2 Å². The first kappa shape index (κ1) is 16.2. The second-order valence-corrected chi connectivity index (χ2v) is 5.21. The molecule has 0 N–H and O–H groups in total. The molecule has 0 aliphatic heterocycles. The maximum Gasteiger partial charge on any atom is 0.160 e. The molecule has 114 valence electrons. The normalized spacial score (nSPS) is 11.5. The number of hydrogen-bond acceptors (Lipinski definition) is 3. The summed E-state index contributed by atoms with van der Waals surface area (Å²) in [6.07, 6.45) is 4.81. The third-order valence-corrected chi connectivity index (χ3v) is 3.58. The van der Waals surface area contributed by atoms with Crippen LogP contribution in [0.2, 0.25) is 0 Å². The van der Waals surface area contributed by atoms with Crippen molar-refractivity contribution in [2.45, 2.75) is 13.8 Å². The SMILES string of the molecule is C=C/C(C(C)=O)=C(\C(=C)C(=C)C)c1ccc2ncc(C#N)n2c1. The summed E-state index contributed by atoms with van der Waals surface area (Å²) in [4.78, 5) is 16.1. The van der Waals surface area contributed by atoms with Crippen LogP contribution in [0.4, 0.5) is 0 Å². The predicted molar refractivity (Wildman–Crippen MR) is 91.7 cm³/mol. The van der Waals surface area contributed by atoms with E-state index in [9.17, 15) is 10.1 Å². The van der Waals surface area contributed by atoms with Crippen LogP contribution in [0.3, 0.4) is 0 Å². The van der Waals surface area contributed by atoms with E-state index in [0.717, 1.165) is 11.1 Å². The lowest BCUT2D eigenvalue weighted by Gasteiger charge is -2.15. The van der Waals surface area contributed by atoms with Gasteiger partial charge in [0.2, 0.25) is 0 Å². The van der Waals surface area contributed by atoms with Crippen molar-refractivity contribution in [3.8, 4) is 6.07 Å². The van der Waals surface area contributed by atoms with E-state index in [1.807, 2.05) is 13.0 Å². The van der Waals surface area contributed by atoms with Crippen molar-refractivity contribution < 1.29 is 4.79 Å². The fourth-order valence-corrected chi connectivity index (χ4v) is 2.34. The van der Waals surface area contributed by atoms with Crippen LogP contribution < -0.4 is 0 Å². The molecule has 0 aliphatic carbocycles. The Morgan fingerprint density at radius 2 is 2.04 bits per heavy atom. The molecule has 4 nitrogen and oxygen atoms in total. The van der Waals surface area contributed by atoms with E-state index >= 15 is 0 Å². The number of pyridine rings is 1. The summed E-state index contributed by atoms with van der Waals surface area (Å²) in [5.41, 5.74) is 4.39. The highest BCUT2D eigenvalue weighted by molar-refractivity contribution is 6.07. The number of rotatable bonds is 5. The van der Waals surface area contributed by atoms with Gasteiger partial charge in [0.25, 0.3) is 0 Å². The molecule has 0 bridgehead atoms. The van der Waals surface area contributed by atoms with Crippen LogP contribution in [0, 0.1) is 11.3 Å². The number of aromatic nitrogens is 2. The Hall–Kier alpha value is -3.19. The standard InChI is InChI=1S/C19H17N3O/c1-6-17(14(5)23)19(13(4)12(2)3)15-7-8-18-21-10-16(9-20)22(18)11-15/h6-8,10-11H,1-2,4H2,3,5H3/b19-17-. The first-order valence-electron chi connectivity index (χ1n) is 7.01. The molecule has 0 saturated heterocycles. The zero-order chi connectivity index (χ0) is 17.1. The van der Waals surface area contributed by atoms with Gasteiger partial charge in [-0.25, -0.2) is 4.98 Å². The Morgan fingerprint density at radius 3 is 2.57 bits per heavy atom. The summed E-state index contributed by atoms with van der Waals surface area (Å²) in [5, 5.41) is 9.17. The third kappa shape index (κ3) is 2.90.